The van der Waals surface area contributed by atoms with Crippen LogP contribution in [0.2, 0.25) is 0 Å². The highest BCUT2D eigenvalue weighted by Gasteiger charge is 2.18. The summed E-state index contributed by atoms with van der Waals surface area (Å²) in [6, 6.07) is 72.9. The van der Waals surface area contributed by atoms with Crippen molar-refractivity contribution < 1.29 is 0 Å². The maximum atomic E-state index is 2.38. The molecule has 0 bridgehead atoms. The molecule has 1 nitrogen and oxygen atoms in total. The van der Waals surface area contributed by atoms with Gasteiger partial charge in [0.1, 0.15) is 0 Å². The molecule has 0 spiro atoms. The van der Waals surface area contributed by atoms with Crippen LogP contribution < -0.4 is 4.90 Å². The molecule has 0 fully saturated rings. The number of hydrogen-bond donors (Lipinski definition) is 0. The van der Waals surface area contributed by atoms with E-state index in [9.17, 15) is 0 Å². The van der Waals surface area contributed by atoms with Crippen molar-refractivity contribution in [1.82, 2.24) is 0 Å². The Balaban J connectivity index is 1.13. The smallest absolute Gasteiger partial charge is 0.0467 e. The summed E-state index contributed by atoms with van der Waals surface area (Å²) in [5.74, 6) is 0. The molecule has 52 heavy (non-hydrogen) atoms. The van der Waals surface area contributed by atoms with Crippen LogP contribution in [0.25, 0.3) is 75.1 Å². The fourth-order valence-corrected chi connectivity index (χ4v) is 8.96. The molecule has 0 aliphatic carbocycles. The van der Waals surface area contributed by atoms with Gasteiger partial charge < -0.3 is 4.90 Å². The van der Waals surface area contributed by atoms with Gasteiger partial charge in [-0.25, -0.2) is 0 Å². The van der Waals surface area contributed by atoms with E-state index < -0.39 is 0 Å². The van der Waals surface area contributed by atoms with Gasteiger partial charge in [-0.05, 0) is 103 Å². The number of anilines is 3. The lowest BCUT2D eigenvalue weighted by Gasteiger charge is -2.26. The Morgan fingerprint density at radius 2 is 0.904 bits per heavy atom. The highest BCUT2D eigenvalue weighted by molar-refractivity contribution is 7.26. The molecular formula is C50H33NS. The van der Waals surface area contributed by atoms with Crippen molar-refractivity contribution in [2.45, 2.75) is 0 Å². The van der Waals surface area contributed by atoms with Crippen molar-refractivity contribution in [3.8, 4) is 33.4 Å². The van der Waals surface area contributed by atoms with E-state index in [0.717, 1.165) is 17.1 Å². The predicted octanol–water partition coefficient (Wildman–Crippen LogP) is 14.8. The van der Waals surface area contributed by atoms with Gasteiger partial charge in [-0.1, -0.05) is 152 Å². The fraction of sp³-hybridized carbons (Fsp3) is 0. The quantitative estimate of drug-likeness (QED) is 0.169. The van der Waals surface area contributed by atoms with Crippen molar-refractivity contribution in [3.63, 3.8) is 0 Å². The summed E-state index contributed by atoms with van der Waals surface area (Å²) >= 11 is 1.88. The molecular weight excluding hydrogens is 647 g/mol. The SMILES string of the molecule is c1ccc(-c2ccc(N(c3ccc(-c4c5ccccc5cc5sc6ccccc6c45)cc3)c3cccc(-c4cccc5ccccc45)c3)cc2)cc1. The second kappa shape index (κ2) is 12.7. The van der Waals surface area contributed by atoms with Crippen LogP contribution in [-0.2, 0) is 0 Å². The average Bonchev–Trinajstić information content (AvgIpc) is 3.59. The molecule has 0 radical (unpaired) electrons. The molecule has 9 aromatic carbocycles. The molecule has 10 rings (SSSR count). The first-order chi connectivity index (χ1) is 25.8. The molecule has 1 aromatic heterocycles. The van der Waals surface area contributed by atoms with Crippen LogP contribution in [0.4, 0.5) is 17.1 Å². The predicted molar refractivity (Wildman–Crippen MR) is 225 cm³/mol. The summed E-state index contributed by atoms with van der Waals surface area (Å²) in [7, 11) is 0. The van der Waals surface area contributed by atoms with Gasteiger partial charge in [0.2, 0.25) is 0 Å². The molecule has 0 saturated carbocycles. The largest absolute Gasteiger partial charge is 0.310 e. The van der Waals surface area contributed by atoms with E-state index in [0.29, 0.717) is 0 Å². The summed E-state index contributed by atoms with van der Waals surface area (Å²) in [6.45, 7) is 0. The monoisotopic (exact) mass is 679 g/mol. The first-order valence-electron chi connectivity index (χ1n) is 17.8. The van der Waals surface area contributed by atoms with Crippen LogP contribution in [0, 0.1) is 0 Å². The van der Waals surface area contributed by atoms with E-state index in [1.807, 2.05) is 11.3 Å². The Hall–Kier alpha value is -6.48. The molecule has 0 N–H and O–H groups in total. The minimum Gasteiger partial charge on any atom is -0.310 e. The summed E-state index contributed by atoms with van der Waals surface area (Å²) in [5.41, 5.74) is 10.7. The topological polar surface area (TPSA) is 3.24 Å². The molecule has 1 heterocycles. The van der Waals surface area contributed by atoms with Gasteiger partial charge in [0.15, 0.2) is 0 Å². The van der Waals surface area contributed by atoms with Gasteiger partial charge >= 0.3 is 0 Å². The van der Waals surface area contributed by atoms with Crippen LogP contribution in [0.15, 0.2) is 200 Å². The Kier molecular flexibility index (Phi) is 7.41. The van der Waals surface area contributed by atoms with E-state index in [4.69, 9.17) is 0 Å². The number of thiophene rings is 1. The summed E-state index contributed by atoms with van der Waals surface area (Å²) in [4.78, 5) is 2.38. The Bertz CT molecular complexity index is 2880. The second-order valence-electron chi connectivity index (χ2n) is 13.3. The number of hydrogen-bond acceptors (Lipinski definition) is 2. The van der Waals surface area contributed by atoms with Gasteiger partial charge in [-0.2, -0.15) is 0 Å². The zero-order valence-electron chi connectivity index (χ0n) is 28.4. The third kappa shape index (κ3) is 5.24. The van der Waals surface area contributed by atoms with Gasteiger partial charge in [-0.3, -0.25) is 0 Å². The molecule has 0 aliphatic heterocycles. The first kappa shape index (κ1) is 30.4. The second-order valence-corrected chi connectivity index (χ2v) is 14.4. The van der Waals surface area contributed by atoms with Gasteiger partial charge in [-0.15, -0.1) is 11.3 Å². The Morgan fingerprint density at radius 3 is 1.69 bits per heavy atom. The van der Waals surface area contributed by atoms with Crippen LogP contribution in [0.1, 0.15) is 0 Å². The van der Waals surface area contributed by atoms with Crippen molar-refractivity contribution in [3.05, 3.63) is 200 Å². The maximum Gasteiger partial charge on any atom is 0.0467 e. The Morgan fingerprint density at radius 1 is 0.327 bits per heavy atom. The van der Waals surface area contributed by atoms with Crippen molar-refractivity contribution in [2.24, 2.45) is 0 Å². The maximum absolute atomic E-state index is 2.38. The van der Waals surface area contributed by atoms with Gasteiger partial charge in [0.05, 0.1) is 0 Å². The van der Waals surface area contributed by atoms with E-state index in [2.05, 4.69) is 205 Å². The number of fused-ring (bicyclic) bond motifs is 5. The summed E-state index contributed by atoms with van der Waals surface area (Å²) in [6.07, 6.45) is 0. The van der Waals surface area contributed by atoms with E-state index in [1.165, 1.54) is 75.1 Å². The highest BCUT2D eigenvalue weighted by Crippen LogP contribution is 2.45. The number of nitrogens with zero attached hydrogens (tertiary/aromatic N) is 1. The lowest BCUT2D eigenvalue weighted by molar-refractivity contribution is 1.28. The number of benzene rings is 9. The van der Waals surface area contributed by atoms with E-state index in [-0.39, 0.29) is 0 Å². The third-order valence-corrected chi connectivity index (χ3v) is 11.4. The van der Waals surface area contributed by atoms with Crippen molar-refractivity contribution in [2.75, 3.05) is 4.90 Å². The van der Waals surface area contributed by atoms with Gasteiger partial charge in [0, 0.05) is 37.2 Å². The van der Waals surface area contributed by atoms with Crippen LogP contribution in [0.5, 0.6) is 0 Å². The zero-order chi connectivity index (χ0) is 34.4. The highest BCUT2D eigenvalue weighted by atomic mass is 32.1. The Labute approximate surface area is 307 Å². The molecule has 10 aromatic rings. The molecule has 244 valence electrons. The first-order valence-corrected chi connectivity index (χ1v) is 18.6. The third-order valence-electron chi connectivity index (χ3n) is 10.2. The van der Waals surface area contributed by atoms with Crippen molar-refractivity contribution in [1.29, 1.82) is 0 Å². The van der Waals surface area contributed by atoms with E-state index in [1.54, 1.807) is 0 Å². The van der Waals surface area contributed by atoms with E-state index >= 15 is 0 Å². The summed E-state index contributed by atoms with van der Waals surface area (Å²) in [5, 5.41) is 7.71. The van der Waals surface area contributed by atoms with Crippen molar-refractivity contribution >= 4 is 70.1 Å². The normalized spacial score (nSPS) is 11.5. The molecule has 2 heteroatoms. The summed E-state index contributed by atoms with van der Waals surface area (Å²) < 4.78 is 2.64. The van der Waals surface area contributed by atoms with Crippen LogP contribution >= 0.6 is 11.3 Å². The molecule has 0 saturated heterocycles. The molecule has 0 atom stereocenters. The van der Waals surface area contributed by atoms with Crippen LogP contribution in [0.3, 0.4) is 0 Å². The lowest BCUT2D eigenvalue weighted by Crippen LogP contribution is -2.10. The zero-order valence-corrected chi connectivity index (χ0v) is 29.2. The fourth-order valence-electron chi connectivity index (χ4n) is 7.80. The molecule has 0 amide bonds. The minimum atomic E-state index is 1.11. The molecule has 0 unspecified atom stereocenters. The van der Waals surface area contributed by atoms with Crippen LogP contribution in [-0.4, -0.2) is 0 Å². The molecule has 0 aliphatic rings. The standard InChI is InChI=1S/C50H33NS/c1-2-12-34(13-3-1)35-24-28-40(29-25-35)51(42-18-10-17-38(32-42)44-22-11-16-36-14-4-6-19-43(36)44)41-30-26-37(27-31-41)49-45-20-7-5-15-39(45)33-48-50(49)46-21-8-9-23-47(46)52-48/h1-33H. The minimum absolute atomic E-state index is 1.11. The van der Waals surface area contributed by atoms with Gasteiger partial charge in [0.25, 0.3) is 0 Å². The number of rotatable bonds is 6. The average molecular weight is 680 g/mol. The lowest BCUT2D eigenvalue weighted by atomic mass is 9.93.